The van der Waals surface area contributed by atoms with Gasteiger partial charge in [0.05, 0.1) is 39.3 Å². The standard InChI is InChI=1S/C37H59BN14O4/c1-28(42)47-49-36(44)32-7-3-30(4-8-32)25-34(53)46-15-18-52(35(54)26-31-5-9-33(10-6-31)37(45)50-48-29(2)43)17-12-38(27-41)11-16-51(19-23-55-21-13-39)20-24-56-22-14-40/h3-10H,11-26,39-40H2,1-2H3,(H2,42,47)(H2,43,48)(H2,44,49)(H2,45,50)(H,46,53). The number of nitrogens with zero attached hydrogens (tertiary/aromatic N) is 7. The van der Waals surface area contributed by atoms with E-state index in [0.29, 0.717) is 89.5 Å². The van der Waals surface area contributed by atoms with Gasteiger partial charge in [-0.05, 0) is 44.2 Å². The fourth-order valence-corrected chi connectivity index (χ4v) is 5.21. The van der Waals surface area contributed by atoms with E-state index in [1.165, 1.54) is 0 Å². The van der Waals surface area contributed by atoms with Gasteiger partial charge in [0.25, 0.3) is 6.71 Å². The molecule has 0 atom stereocenters. The Bertz CT molecular complexity index is 1630. The molecule has 2 aromatic carbocycles. The molecule has 0 aliphatic carbocycles. The number of nitriles is 1. The van der Waals surface area contributed by atoms with Crippen LogP contribution >= 0.6 is 0 Å². The maximum absolute atomic E-state index is 13.7. The Balaban J connectivity index is 2.09. The summed E-state index contributed by atoms with van der Waals surface area (Å²) in [4.78, 5) is 30.5. The Morgan fingerprint density at radius 1 is 0.696 bits per heavy atom. The zero-order chi connectivity index (χ0) is 41.1. The molecule has 0 spiro atoms. The number of amidine groups is 4. The first-order valence-electron chi connectivity index (χ1n) is 18.6. The van der Waals surface area contributed by atoms with Gasteiger partial charge < -0.3 is 54.1 Å². The molecule has 0 fully saturated rings. The number of amides is 2. The van der Waals surface area contributed by atoms with Gasteiger partial charge in [0.2, 0.25) is 11.8 Å². The second kappa shape index (κ2) is 27.2. The van der Waals surface area contributed by atoms with Crippen LogP contribution in [0.2, 0.25) is 12.6 Å². The first-order valence-corrected chi connectivity index (χ1v) is 18.6. The molecule has 0 saturated heterocycles. The van der Waals surface area contributed by atoms with Crippen LogP contribution in [0.3, 0.4) is 0 Å². The van der Waals surface area contributed by atoms with Crippen molar-refractivity contribution in [2.75, 3.05) is 78.8 Å². The number of benzene rings is 2. The van der Waals surface area contributed by atoms with Gasteiger partial charge >= 0.3 is 0 Å². The summed E-state index contributed by atoms with van der Waals surface area (Å²) in [5.74, 6) is 3.02. The third-order valence-corrected chi connectivity index (χ3v) is 8.26. The number of nitrogens with two attached hydrogens (primary N) is 6. The summed E-state index contributed by atoms with van der Waals surface area (Å²) < 4.78 is 11.2. The van der Waals surface area contributed by atoms with E-state index in [9.17, 15) is 14.9 Å². The molecule has 0 radical (unpaired) electrons. The number of carbonyl (C=O) groups excluding carboxylic acids is 2. The molecule has 0 bridgehead atoms. The van der Waals surface area contributed by atoms with Gasteiger partial charge in [-0.1, -0.05) is 48.5 Å². The largest absolute Gasteiger partial charge is 0.386 e. The fraction of sp³-hybridized carbons (Fsp3) is 0.486. The van der Waals surface area contributed by atoms with Gasteiger partial charge in [0.1, 0.15) is 11.7 Å². The summed E-state index contributed by atoms with van der Waals surface area (Å²) in [5, 5.41) is 28.3. The highest BCUT2D eigenvalue weighted by atomic mass is 16.5. The SMILES string of the molecule is C/C(N)=N/N=C(\N)c1ccc(CC(=O)NCCN(CCB(C#N)CCN(CCOCCN)CCOCCN)C(=O)Cc2ccc(/C(N)=N/N=C(/C)N)cc2)cc1. The second-order valence-electron chi connectivity index (χ2n) is 13.0. The van der Waals surface area contributed by atoms with Crippen molar-refractivity contribution in [3.05, 3.63) is 70.8 Å². The molecule has 0 aliphatic rings. The normalized spacial score (nSPS) is 12.4. The molecule has 0 saturated carbocycles. The minimum absolute atomic E-state index is 0.108. The van der Waals surface area contributed by atoms with Crippen LogP contribution in [0.25, 0.3) is 0 Å². The summed E-state index contributed by atoms with van der Waals surface area (Å²) in [5.41, 5.74) is 37.0. The number of carbonyl (C=O) groups is 2. The second-order valence-corrected chi connectivity index (χ2v) is 13.0. The van der Waals surface area contributed by atoms with Crippen LogP contribution in [0.5, 0.6) is 0 Å². The molecular formula is C37H59BN14O4. The number of ether oxygens (including phenoxy) is 2. The van der Waals surface area contributed by atoms with E-state index in [4.69, 9.17) is 43.9 Å². The van der Waals surface area contributed by atoms with Crippen molar-refractivity contribution in [3.8, 4) is 5.97 Å². The van der Waals surface area contributed by atoms with E-state index >= 15 is 0 Å². The van der Waals surface area contributed by atoms with E-state index < -0.39 is 0 Å². The highest BCUT2D eigenvalue weighted by molar-refractivity contribution is 6.67. The lowest BCUT2D eigenvalue weighted by atomic mass is 9.46. The zero-order valence-electron chi connectivity index (χ0n) is 32.7. The van der Waals surface area contributed by atoms with Crippen LogP contribution in [-0.4, -0.2) is 130 Å². The van der Waals surface area contributed by atoms with Gasteiger partial charge in [-0.3, -0.25) is 14.5 Å². The first kappa shape index (κ1) is 46.8. The van der Waals surface area contributed by atoms with E-state index in [-0.39, 0.29) is 67.8 Å². The molecule has 18 nitrogen and oxygen atoms in total. The molecular weight excluding hydrogens is 715 g/mol. The minimum Gasteiger partial charge on any atom is -0.386 e. The highest BCUT2D eigenvalue weighted by Gasteiger charge is 2.21. The van der Waals surface area contributed by atoms with Crippen LogP contribution in [0.15, 0.2) is 68.9 Å². The summed E-state index contributed by atoms with van der Waals surface area (Å²) in [6.45, 7) is 8.56. The van der Waals surface area contributed by atoms with Crippen molar-refractivity contribution in [2.24, 2.45) is 54.8 Å². The number of rotatable bonds is 27. The Morgan fingerprint density at radius 2 is 1.18 bits per heavy atom. The van der Waals surface area contributed by atoms with Crippen molar-refractivity contribution >= 4 is 41.9 Å². The van der Waals surface area contributed by atoms with Crippen LogP contribution < -0.4 is 39.7 Å². The van der Waals surface area contributed by atoms with Crippen LogP contribution in [-0.2, 0) is 31.9 Å². The summed E-state index contributed by atoms with van der Waals surface area (Å²) in [7, 11) is 0. The smallest absolute Gasteiger partial charge is 0.270 e. The van der Waals surface area contributed by atoms with Crippen LogP contribution in [0.4, 0.5) is 0 Å². The van der Waals surface area contributed by atoms with Gasteiger partial charge in [-0.25, -0.2) is 5.26 Å². The molecule has 0 aromatic heterocycles. The monoisotopic (exact) mass is 774 g/mol. The summed E-state index contributed by atoms with van der Waals surface area (Å²) in [6.07, 6.45) is 1.29. The first-order chi connectivity index (χ1) is 26.9. The lowest BCUT2D eigenvalue weighted by Crippen LogP contribution is -2.41. The Labute approximate surface area is 330 Å². The van der Waals surface area contributed by atoms with Crippen molar-refractivity contribution in [3.63, 3.8) is 0 Å². The molecule has 2 amide bonds. The predicted octanol–water partition coefficient (Wildman–Crippen LogP) is -0.778. The highest BCUT2D eigenvalue weighted by Crippen LogP contribution is 2.11. The van der Waals surface area contributed by atoms with E-state index in [1.807, 2.05) is 0 Å². The average Bonchev–Trinajstić information content (AvgIpc) is 3.18. The lowest BCUT2D eigenvalue weighted by molar-refractivity contribution is -0.130. The molecule has 2 aromatic rings. The molecule has 304 valence electrons. The van der Waals surface area contributed by atoms with Crippen molar-refractivity contribution in [1.82, 2.24) is 15.1 Å². The fourth-order valence-electron chi connectivity index (χ4n) is 5.21. The maximum Gasteiger partial charge on any atom is 0.270 e. The third kappa shape index (κ3) is 19.8. The van der Waals surface area contributed by atoms with Crippen molar-refractivity contribution < 1.29 is 19.1 Å². The van der Waals surface area contributed by atoms with E-state index in [2.05, 4.69) is 36.6 Å². The lowest BCUT2D eigenvalue weighted by Gasteiger charge is -2.25. The molecule has 0 unspecified atom stereocenters. The van der Waals surface area contributed by atoms with E-state index in [1.54, 1.807) is 67.3 Å². The van der Waals surface area contributed by atoms with Gasteiger partial charge in [0.15, 0.2) is 11.7 Å². The summed E-state index contributed by atoms with van der Waals surface area (Å²) in [6, 6.07) is 14.2. The van der Waals surface area contributed by atoms with Crippen LogP contribution in [0, 0.1) is 11.2 Å². The van der Waals surface area contributed by atoms with Gasteiger partial charge in [-0.2, -0.15) is 0 Å². The zero-order valence-corrected chi connectivity index (χ0v) is 32.7. The summed E-state index contributed by atoms with van der Waals surface area (Å²) >= 11 is 0. The Kier molecular flexibility index (Phi) is 22.7. The molecule has 0 heterocycles. The topological polar surface area (TPSA) is 300 Å². The molecule has 56 heavy (non-hydrogen) atoms. The Hall–Kier alpha value is -5.39. The molecule has 0 aliphatic heterocycles. The average molecular weight is 775 g/mol. The van der Waals surface area contributed by atoms with E-state index in [0.717, 1.165) is 11.1 Å². The number of hydrogen-bond acceptors (Lipinski definition) is 12. The van der Waals surface area contributed by atoms with Gasteiger partial charge in [-0.15, -0.1) is 20.4 Å². The predicted molar refractivity (Wildman–Crippen MR) is 223 cm³/mol. The van der Waals surface area contributed by atoms with Gasteiger partial charge in [0, 0.05) is 62.9 Å². The van der Waals surface area contributed by atoms with Crippen molar-refractivity contribution in [1.29, 1.82) is 5.26 Å². The van der Waals surface area contributed by atoms with Crippen molar-refractivity contribution in [2.45, 2.75) is 39.3 Å². The molecule has 19 heteroatoms. The molecule has 13 N–H and O–H groups in total. The Morgan fingerprint density at radius 3 is 1.64 bits per heavy atom. The maximum atomic E-state index is 13.7. The minimum atomic E-state index is -0.313. The number of nitrogens with one attached hydrogen (secondary N) is 1. The quantitative estimate of drug-likeness (QED) is 0.0193. The third-order valence-electron chi connectivity index (χ3n) is 8.26. The number of hydrogen-bond donors (Lipinski definition) is 7. The van der Waals surface area contributed by atoms with Crippen LogP contribution in [0.1, 0.15) is 36.1 Å². The molecule has 2 rings (SSSR count).